The van der Waals surface area contributed by atoms with Crippen LogP contribution in [-0.2, 0) is 22.6 Å². The van der Waals surface area contributed by atoms with Gasteiger partial charge in [0, 0.05) is 12.2 Å². The maximum Gasteiger partial charge on any atom is 0.246 e. The number of hydrogen-bond acceptors (Lipinski definition) is 3. The number of hydrogen-bond donors (Lipinski definition) is 2. The van der Waals surface area contributed by atoms with Crippen molar-refractivity contribution in [2.75, 3.05) is 18.9 Å². The zero-order valence-corrected chi connectivity index (χ0v) is 12.9. The van der Waals surface area contributed by atoms with Gasteiger partial charge in [0.25, 0.3) is 0 Å². The van der Waals surface area contributed by atoms with E-state index < -0.39 is 0 Å². The van der Waals surface area contributed by atoms with Crippen LogP contribution in [0.2, 0.25) is 0 Å². The number of rotatable bonds is 8. The largest absolute Gasteiger partial charge is 0.399 e. The van der Waals surface area contributed by atoms with Crippen molar-refractivity contribution in [3.05, 3.63) is 65.5 Å². The highest BCUT2D eigenvalue weighted by molar-refractivity contribution is 5.77. The Morgan fingerprint density at radius 1 is 1.04 bits per heavy atom. The van der Waals surface area contributed by atoms with Crippen LogP contribution in [0.1, 0.15) is 17.5 Å². The first-order valence-electron chi connectivity index (χ1n) is 7.57. The Kier molecular flexibility index (Phi) is 6.56. The molecule has 5 heteroatoms. The van der Waals surface area contributed by atoms with Crippen molar-refractivity contribution in [1.82, 2.24) is 5.32 Å². The highest BCUT2D eigenvalue weighted by Crippen LogP contribution is 2.07. The molecule has 1 amide bonds. The van der Waals surface area contributed by atoms with E-state index in [1.165, 1.54) is 17.7 Å². The smallest absolute Gasteiger partial charge is 0.246 e. The van der Waals surface area contributed by atoms with Gasteiger partial charge in [0.2, 0.25) is 5.91 Å². The number of carbonyl (C=O) groups is 1. The van der Waals surface area contributed by atoms with Crippen molar-refractivity contribution in [1.29, 1.82) is 0 Å². The van der Waals surface area contributed by atoms with Crippen molar-refractivity contribution in [2.45, 2.75) is 19.4 Å². The van der Waals surface area contributed by atoms with Crippen molar-refractivity contribution >= 4 is 11.6 Å². The lowest BCUT2D eigenvalue weighted by Gasteiger charge is -2.07. The molecule has 0 aliphatic rings. The van der Waals surface area contributed by atoms with Gasteiger partial charge < -0.3 is 15.8 Å². The average molecular weight is 316 g/mol. The van der Waals surface area contributed by atoms with E-state index in [4.69, 9.17) is 10.5 Å². The zero-order valence-electron chi connectivity index (χ0n) is 12.9. The number of ether oxygens (including phenoxy) is 1. The Hall–Kier alpha value is -2.40. The Bertz CT molecular complexity index is 612. The summed E-state index contributed by atoms with van der Waals surface area (Å²) in [5.74, 6) is -0.433. The lowest BCUT2D eigenvalue weighted by Crippen LogP contribution is -2.28. The molecule has 0 unspecified atom stereocenters. The molecule has 4 nitrogen and oxygen atoms in total. The summed E-state index contributed by atoms with van der Waals surface area (Å²) >= 11 is 0. The average Bonchev–Trinajstić information content (AvgIpc) is 2.55. The highest BCUT2D eigenvalue weighted by atomic mass is 19.1. The summed E-state index contributed by atoms with van der Waals surface area (Å²) in [6.07, 6.45) is 1.74. The Morgan fingerprint density at radius 3 is 2.39 bits per heavy atom. The van der Waals surface area contributed by atoms with Crippen LogP contribution in [0.3, 0.4) is 0 Å². The van der Waals surface area contributed by atoms with Crippen molar-refractivity contribution in [3.8, 4) is 0 Å². The lowest BCUT2D eigenvalue weighted by molar-refractivity contribution is -0.126. The molecular formula is C18H21FN2O2. The van der Waals surface area contributed by atoms with Gasteiger partial charge >= 0.3 is 0 Å². The third kappa shape index (κ3) is 6.48. The van der Waals surface area contributed by atoms with Gasteiger partial charge in [-0.2, -0.15) is 0 Å². The van der Waals surface area contributed by atoms with E-state index >= 15 is 0 Å². The predicted molar refractivity (Wildman–Crippen MR) is 88.2 cm³/mol. The van der Waals surface area contributed by atoms with E-state index in [0.717, 1.165) is 24.1 Å². The zero-order chi connectivity index (χ0) is 16.5. The van der Waals surface area contributed by atoms with Gasteiger partial charge in [-0.15, -0.1) is 0 Å². The number of carbonyl (C=O) groups excluding carboxylic acids is 1. The molecule has 2 aromatic rings. The molecule has 3 N–H and O–H groups in total. The topological polar surface area (TPSA) is 64.3 Å². The summed E-state index contributed by atoms with van der Waals surface area (Å²) in [6.45, 7) is 0.890. The van der Waals surface area contributed by atoms with E-state index in [-0.39, 0.29) is 18.3 Å². The fraction of sp³-hybridized carbons (Fsp3) is 0.278. The van der Waals surface area contributed by atoms with E-state index in [0.29, 0.717) is 13.2 Å². The maximum absolute atomic E-state index is 12.7. The molecule has 0 radical (unpaired) electrons. The van der Waals surface area contributed by atoms with Crippen LogP contribution < -0.4 is 11.1 Å². The minimum absolute atomic E-state index is 0.000747. The van der Waals surface area contributed by atoms with Gasteiger partial charge in [-0.05, 0) is 48.2 Å². The van der Waals surface area contributed by atoms with Crippen molar-refractivity contribution in [2.24, 2.45) is 0 Å². The maximum atomic E-state index is 12.7. The summed E-state index contributed by atoms with van der Waals surface area (Å²) < 4.78 is 18.0. The number of nitrogens with two attached hydrogens (primary N) is 1. The second kappa shape index (κ2) is 8.90. The summed E-state index contributed by atoms with van der Waals surface area (Å²) in [7, 11) is 0. The SMILES string of the molecule is Nc1ccc(CCCNC(=O)COCc2ccc(F)cc2)cc1. The first-order valence-corrected chi connectivity index (χ1v) is 7.57. The quantitative estimate of drug-likeness (QED) is 0.581. The molecule has 0 spiro atoms. The first-order chi connectivity index (χ1) is 11.1. The standard InChI is InChI=1S/C18H21FN2O2/c19-16-7-3-15(4-8-16)12-23-13-18(22)21-11-1-2-14-5-9-17(20)10-6-14/h3-10H,1-2,11-13,20H2,(H,21,22). The number of aryl methyl sites for hydroxylation is 1. The number of nitrogens with one attached hydrogen (secondary N) is 1. The first kappa shape index (κ1) is 17.0. The monoisotopic (exact) mass is 316 g/mol. The molecule has 122 valence electrons. The minimum atomic E-state index is -0.285. The molecule has 0 saturated carbocycles. The molecule has 0 fully saturated rings. The number of nitrogen functional groups attached to an aromatic ring is 1. The Labute approximate surface area is 135 Å². The van der Waals surface area contributed by atoms with Gasteiger partial charge in [-0.25, -0.2) is 4.39 Å². The third-order valence-electron chi connectivity index (χ3n) is 3.36. The number of anilines is 1. The predicted octanol–water partition coefficient (Wildman–Crippen LogP) is 2.67. The molecule has 0 heterocycles. The van der Waals surface area contributed by atoms with Crippen LogP contribution in [0, 0.1) is 5.82 Å². The van der Waals surface area contributed by atoms with Gasteiger partial charge in [-0.3, -0.25) is 4.79 Å². The molecule has 2 rings (SSSR count). The molecule has 0 aromatic heterocycles. The fourth-order valence-corrected chi connectivity index (χ4v) is 2.10. The molecule has 0 atom stereocenters. The molecule has 23 heavy (non-hydrogen) atoms. The van der Waals surface area contributed by atoms with Crippen LogP contribution in [0.15, 0.2) is 48.5 Å². The van der Waals surface area contributed by atoms with E-state index in [2.05, 4.69) is 5.32 Å². The normalized spacial score (nSPS) is 10.5. The summed E-state index contributed by atoms with van der Waals surface area (Å²) in [5, 5.41) is 2.81. The minimum Gasteiger partial charge on any atom is -0.399 e. The highest BCUT2D eigenvalue weighted by Gasteiger charge is 2.02. The number of halogens is 1. The molecule has 2 aromatic carbocycles. The molecule has 0 aliphatic carbocycles. The van der Waals surface area contributed by atoms with Crippen LogP contribution in [0.5, 0.6) is 0 Å². The van der Waals surface area contributed by atoms with Crippen LogP contribution in [-0.4, -0.2) is 19.1 Å². The number of benzene rings is 2. The Morgan fingerprint density at radius 2 is 1.70 bits per heavy atom. The molecule has 0 saturated heterocycles. The van der Waals surface area contributed by atoms with E-state index in [9.17, 15) is 9.18 Å². The summed E-state index contributed by atoms with van der Waals surface area (Å²) in [4.78, 5) is 11.6. The van der Waals surface area contributed by atoms with Crippen molar-refractivity contribution in [3.63, 3.8) is 0 Å². The lowest BCUT2D eigenvalue weighted by atomic mass is 10.1. The summed E-state index contributed by atoms with van der Waals surface area (Å²) in [5.41, 5.74) is 8.41. The van der Waals surface area contributed by atoms with Crippen LogP contribution in [0.25, 0.3) is 0 Å². The van der Waals surface area contributed by atoms with Crippen molar-refractivity contribution < 1.29 is 13.9 Å². The van der Waals surface area contributed by atoms with Crippen LogP contribution in [0.4, 0.5) is 10.1 Å². The molecule has 0 bridgehead atoms. The number of amides is 1. The van der Waals surface area contributed by atoms with Gasteiger partial charge in [0.05, 0.1) is 6.61 Å². The van der Waals surface area contributed by atoms with Gasteiger partial charge in [-0.1, -0.05) is 24.3 Å². The third-order valence-corrected chi connectivity index (χ3v) is 3.36. The second-order valence-corrected chi connectivity index (χ2v) is 5.31. The fourth-order valence-electron chi connectivity index (χ4n) is 2.10. The summed E-state index contributed by atoms with van der Waals surface area (Å²) in [6, 6.07) is 13.7. The Balaban J connectivity index is 1.56. The van der Waals surface area contributed by atoms with Gasteiger partial charge in [0.15, 0.2) is 0 Å². The van der Waals surface area contributed by atoms with Crippen LogP contribution >= 0.6 is 0 Å². The second-order valence-electron chi connectivity index (χ2n) is 5.31. The van der Waals surface area contributed by atoms with Gasteiger partial charge in [0.1, 0.15) is 12.4 Å². The molecular weight excluding hydrogens is 295 g/mol. The van der Waals surface area contributed by atoms with E-state index in [1.807, 2.05) is 24.3 Å². The van der Waals surface area contributed by atoms with E-state index in [1.54, 1.807) is 12.1 Å². The molecule has 0 aliphatic heterocycles.